The van der Waals surface area contributed by atoms with Crippen molar-refractivity contribution in [1.29, 1.82) is 0 Å². The van der Waals surface area contributed by atoms with Crippen LogP contribution < -0.4 is 5.32 Å². The number of carbonyl (C=O) groups excluding carboxylic acids is 1. The number of rotatable bonds is 6. The smallest absolute Gasteiger partial charge is 0.391 e. The molecule has 0 aromatic heterocycles. The molecule has 0 radical (unpaired) electrons. The number of nitrogens with one attached hydrogen (secondary N) is 1. The number of amides is 1. The van der Waals surface area contributed by atoms with Crippen LogP contribution >= 0.6 is 0 Å². The van der Waals surface area contributed by atoms with E-state index in [2.05, 4.69) is 5.32 Å². The normalized spacial score (nSPS) is 15.6. The maximum Gasteiger partial charge on any atom is 0.391 e. The van der Waals surface area contributed by atoms with Crippen LogP contribution in [0.3, 0.4) is 0 Å². The summed E-state index contributed by atoms with van der Waals surface area (Å²) in [6.07, 6.45) is -4.17. The lowest BCUT2D eigenvalue weighted by Crippen LogP contribution is -2.42. The Morgan fingerprint density at radius 2 is 2.00 bits per heavy atom. The van der Waals surface area contributed by atoms with Gasteiger partial charge in [-0.2, -0.15) is 13.2 Å². The molecule has 1 amide bonds. The van der Waals surface area contributed by atoms with Gasteiger partial charge in [0.2, 0.25) is 5.91 Å². The Kier molecular flexibility index (Phi) is 6.40. The van der Waals surface area contributed by atoms with Gasteiger partial charge in [0, 0.05) is 5.92 Å². The Morgan fingerprint density at radius 1 is 1.44 bits per heavy atom. The average Bonchev–Trinajstić information content (AvgIpc) is 2.14. The number of carbonyl (C=O) groups is 1. The lowest BCUT2D eigenvalue weighted by Gasteiger charge is -2.20. The predicted molar refractivity (Wildman–Crippen MR) is 53.8 cm³/mol. The first-order chi connectivity index (χ1) is 7.30. The van der Waals surface area contributed by atoms with Crippen molar-refractivity contribution in [2.45, 2.75) is 45.3 Å². The minimum Gasteiger partial charge on any atom is -0.394 e. The van der Waals surface area contributed by atoms with E-state index in [9.17, 15) is 18.0 Å². The van der Waals surface area contributed by atoms with Crippen molar-refractivity contribution in [3.63, 3.8) is 0 Å². The molecule has 0 aliphatic rings. The van der Waals surface area contributed by atoms with Crippen LogP contribution in [0.4, 0.5) is 13.2 Å². The third kappa shape index (κ3) is 6.66. The molecule has 0 aliphatic heterocycles. The lowest BCUT2D eigenvalue weighted by atomic mass is 10.0. The van der Waals surface area contributed by atoms with Crippen molar-refractivity contribution < 1.29 is 23.1 Å². The second-order valence-electron chi connectivity index (χ2n) is 3.90. The maximum absolute atomic E-state index is 12.0. The molecule has 96 valence electrons. The Morgan fingerprint density at radius 3 is 2.38 bits per heavy atom. The lowest BCUT2D eigenvalue weighted by molar-refractivity contribution is -0.145. The molecule has 0 rings (SSSR count). The van der Waals surface area contributed by atoms with Crippen LogP contribution in [0.1, 0.15) is 33.1 Å². The SMILES string of the molecule is CCCC(C)C(=O)N[C@H](CO)CC(F)(F)F. The van der Waals surface area contributed by atoms with Gasteiger partial charge in [-0.25, -0.2) is 0 Å². The number of halogens is 3. The summed E-state index contributed by atoms with van der Waals surface area (Å²) in [6, 6.07) is -1.24. The number of alkyl halides is 3. The number of hydrogen-bond donors (Lipinski definition) is 2. The van der Waals surface area contributed by atoms with Crippen molar-refractivity contribution in [3.8, 4) is 0 Å². The van der Waals surface area contributed by atoms with Crippen molar-refractivity contribution in [1.82, 2.24) is 5.32 Å². The van der Waals surface area contributed by atoms with Gasteiger partial charge in [0.15, 0.2) is 0 Å². The fourth-order valence-electron chi connectivity index (χ4n) is 1.35. The summed E-state index contributed by atoms with van der Waals surface area (Å²) in [4.78, 5) is 11.4. The van der Waals surface area contributed by atoms with E-state index in [0.29, 0.717) is 6.42 Å². The predicted octanol–water partition coefficient (Wildman–Crippen LogP) is 1.85. The molecule has 0 saturated heterocycles. The molecule has 16 heavy (non-hydrogen) atoms. The summed E-state index contributed by atoms with van der Waals surface area (Å²) in [5, 5.41) is 10.9. The van der Waals surface area contributed by atoms with Gasteiger partial charge in [0.1, 0.15) is 0 Å². The van der Waals surface area contributed by atoms with Crippen molar-refractivity contribution in [3.05, 3.63) is 0 Å². The molecule has 6 heteroatoms. The van der Waals surface area contributed by atoms with Crippen LogP contribution in [-0.2, 0) is 4.79 Å². The first kappa shape index (κ1) is 15.2. The van der Waals surface area contributed by atoms with Crippen molar-refractivity contribution in [2.24, 2.45) is 5.92 Å². The van der Waals surface area contributed by atoms with E-state index in [1.807, 2.05) is 6.92 Å². The molecule has 3 nitrogen and oxygen atoms in total. The summed E-state index contributed by atoms with van der Waals surface area (Å²) in [6.45, 7) is 2.84. The second-order valence-corrected chi connectivity index (χ2v) is 3.90. The van der Waals surface area contributed by atoms with E-state index in [1.54, 1.807) is 6.92 Å². The molecule has 0 fully saturated rings. The standard InChI is InChI=1S/C10H18F3NO2/c1-3-4-7(2)9(16)14-8(6-15)5-10(11,12)13/h7-8,15H,3-6H2,1-2H3,(H,14,16)/t7?,8-/m0/s1. The molecule has 1 unspecified atom stereocenters. The Labute approximate surface area is 93.0 Å². The van der Waals surface area contributed by atoms with E-state index in [1.165, 1.54) is 0 Å². The zero-order valence-electron chi connectivity index (χ0n) is 9.47. The van der Waals surface area contributed by atoms with Gasteiger partial charge < -0.3 is 10.4 Å². The summed E-state index contributed by atoms with van der Waals surface area (Å²) >= 11 is 0. The highest BCUT2D eigenvalue weighted by atomic mass is 19.4. The summed E-state index contributed by atoms with van der Waals surface area (Å²) in [7, 11) is 0. The first-order valence-electron chi connectivity index (χ1n) is 5.28. The molecular weight excluding hydrogens is 223 g/mol. The van der Waals surface area contributed by atoms with E-state index in [0.717, 1.165) is 6.42 Å². The van der Waals surface area contributed by atoms with Crippen LogP contribution in [0.25, 0.3) is 0 Å². The minimum atomic E-state index is -4.38. The number of hydrogen-bond acceptors (Lipinski definition) is 2. The van der Waals surface area contributed by atoms with Crippen LogP contribution in [0, 0.1) is 5.92 Å². The topological polar surface area (TPSA) is 49.3 Å². The van der Waals surface area contributed by atoms with Crippen LogP contribution in [-0.4, -0.2) is 29.8 Å². The van der Waals surface area contributed by atoms with Gasteiger partial charge in [-0.15, -0.1) is 0 Å². The highest BCUT2D eigenvalue weighted by molar-refractivity contribution is 5.78. The van der Waals surface area contributed by atoms with Gasteiger partial charge in [0.05, 0.1) is 19.1 Å². The fourth-order valence-corrected chi connectivity index (χ4v) is 1.35. The first-order valence-corrected chi connectivity index (χ1v) is 5.28. The molecule has 0 bridgehead atoms. The molecular formula is C10H18F3NO2. The highest BCUT2D eigenvalue weighted by Crippen LogP contribution is 2.21. The number of aliphatic hydroxyl groups is 1. The quantitative estimate of drug-likeness (QED) is 0.745. The molecule has 0 heterocycles. The largest absolute Gasteiger partial charge is 0.394 e. The summed E-state index contributed by atoms with van der Waals surface area (Å²) in [5.74, 6) is -0.766. The summed E-state index contributed by atoms with van der Waals surface area (Å²) in [5.41, 5.74) is 0. The van der Waals surface area contributed by atoms with E-state index >= 15 is 0 Å². The zero-order chi connectivity index (χ0) is 12.8. The van der Waals surface area contributed by atoms with Gasteiger partial charge in [-0.3, -0.25) is 4.79 Å². The van der Waals surface area contributed by atoms with Crippen LogP contribution in [0.2, 0.25) is 0 Å². The van der Waals surface area contributed by atoms with Gasteiger partial charge in [-0.05, 0) is 6.42 Å². The van der Waals surface area contributed by atoms with Crippen molar-refractivity contribution >= 4 is 5.91 Å². The van der Waals surface area contributed by atoms with Crippen molar-refractivity contribution in [2.75, 3.05) is 6.61 Å². The fraction of sp³-hybridized carbons (Fsp3) is 0.900. The number of aliphatic hydroxyl groups excluding tert-OH is 1. The Hall–Kier alpha value is -0.780. The molecule has 2 N–H and O–H groups in total. The molecule has 0 spiro atoms. The van der Waals surface area contributed by atoms with Crippen LogP contribution in [0.5, 0.6) is 0 Å². The Bertz CT molecular complexity index is 219. The monoisotopic (exact) mass is 241 g/mol. The minimum absolute atomic E-state index is 0.327. The van der Waals surface area contributed by atoms with E-state index in [4.69, 9.17) is 5.11 Å². The maximum atomic E-state index is 12.0. The molecule has 0 aromatic rings. The second kappa shape index (κ2) is 6.73. The molecule has 0 aliphatic carbocycles. The van der Waals surface area contributed by atoms with Gasteiger partial charge >= 0.3 is 6.18 Å². The highest BCUT2D eigenvalue weighted by Gasteiger charge is 2.32. The van der Waals surface area contributed by atoms with Crippen LogP contribution in [0.15, 0.2) is 0 Å². The van der Waals surface area contributed by atoms with E-state index in [-0.39, 0.29) is 5.92 Å². The molecule has 0 saturated carbocycles. The summed E-state index contributed by atoms with van der Waals surface area (Å²) < 4.78 is 36.1. The van der Waals surface area contributed by atoms with Gasteiger partial charge in [0.25, 0.3) is 0 Å². The molecule has 2 atom stereocenters. The molecule has 0 aromatic carbocycles. The third-order valence-electron chi connectivity index (χ3n) is 2.21. The Balaban J connectivity index is 4.16. The average molecular weight is 241 g/mol. The van der Waals surface area contributed by atoms with Gasteiger partial charge in [-0.1, -0.05) is 20.3 Å². The van der Waals surface area contributed by atoms with E-state index < -0.39 is 31.2 Å². The third-order valence-corrected chi connectivity index (χ3v) is 2.21. The zero-order valence-corrected chi connectivity index (χ0v) is 9.47.